The summed E-state index contributed by atoms with van der Waals surface area (Å²) in [6, 6.07) is 7.61. The fourth-order valence-corrected chi connectivity index (χ4v) is 2.84. The maximum Gasteiger partial charge on any atom is 0.487 e. The molecule has 134 valence electrons. The lowest BCUT2D eigenvalue weighted by molar-refractivity contribution is 0.00578. The number of morpholine rings is 1. The van der Waals surface area contributed by atoms with Gasteiger partial charge >= 0.3 is 7.12 Å². The van der Waals surface area contributed by atoms with Crippen LogP contribution in [0.1, 0.15) is 43.6 Å². The van der Waals surface area contributed by atoms with Crippen molar-refractivity contribution in [3.63, 3.8) is 0 Å². The summed E-state index contributed by atoms with van der Waals surface area (Å²) in [6.45, 7) is 10.7. The molecule has 3 rings (SSSR count). The van der Waals surface area contributed by atoms with Crippen molar-refractivity contribution < 1.29 is 18.8 Å². The molecule has 2 aliphatic heterocycles. The molecule has 25 heavy (non-hydrogen) atoms. The standard InChI is InChI=1S/C19H26BNO4/c1-18(2)19(3,4)25-20(24-18)10-9-15-5-7-16(8-6-15)17(22)21-11-13-23-14-12-21/h5-10H,11-14H2,1-4H3/b10-9+. The Morgan fingerprint density at radius 2 is 1.60 bits per heavy atom. The molecule has 0 unspecified atom stereocenters. The van der Waals surface area contributed by atoms with E-state index in [0.29, 0.717) is 31.9 Å². The van der Waals surface area contributed by atoms with Crippen LogP contribution < -0.4 is 0 Å². The molecule has 1 amide bonds. The summed E-state index contributed by atoms with van der Waals surface area (Å²) in [5, 5.41) is 0. The lowest BCUT2D eigenvalue weighted by atomic mass is 9.89. The molecule has 6 heteroatoms. The van der Waals surface area contributed by atoms with Crippen molar-refractivity contribution in [2.24, 2.45) is 0 Å². The molecule has 1 aromatic rings. The third kappa shape index (κ3) is 3.97. The van der Waals surface area contributed by atoms with E-state index >= 15 is 0 Å². The van der Waals surface area contributed by atoms with Gasteiger partial charge in [-0.2, -0.15) is 0 Å². The van der Waals surface area contributed by atoms with Crippen LogP contribution in [0.4, 0.5) is 0 Å². The van der Waals surface area contributed by atoms with Gasteiger partial charge in [-0.15, -0.1) is 0 Å². The molecule has 0 spiro atoms. The van der Waals surface area contributed by atoms with Crippen molar-refractivity contribution >= 4 is 19.1 Å². The Kier molecular flexibility index (Phi) is 5.05. The summed E-state index contributed by atoms with van der Waals surface area (Å²) in [4.78, 5) is 14.3. The summed E-state index contributed by atoms with van der Waals surface area (Å²) < 4.78 is 17.2. The summed E-state index contributed by atoms with van der Waals surface area (Å²) >= 11 is 0. The molecule has 0 bridgehead atoms. The molecular weight excluding hydrogens is 317 g/mol. The van der Waals surface area contributed by atoms with E-state index in [1.54, 1.807) is 0 Å². The van der Waals surface area contributed by atoms with Gasteiger partial charge in [0, 0.05) is 18.7 Å². The van der Waals surface area contributed by atoms with Crippen molar-refractivity contribution in [3.8, 4) is 0 Å². The molecule has 0 atom stereocenters. The zero-order valence-corrected chi connectivity index (χ0v) is 15.5. The van der Waals surface area contributed by atoms with Crippen molar-refractivity contribution in [1.82, 2.24) is 4.90 Å². The van der Waals surface area contributed by atoms with Gasteiger partial charge in [-0.25, -0.2) is 0 Å². The van der Waals surface area contributed by atoms with Crippen LogP contribution in [0, 0.1) is 0 Å². The first kappa shape index (κ1) is 18.2. The Morgan fingerprint density at radius 1 is 1.04 bits per heavy atom. The molecular formula is C19H26BNO4. The van der Waals surface area contributed by atoms with E-state index in [-0.39, 0.29) is 24.2 Å². The monoisotopic (exact) mass is 343 g/mol. The first-order chi connectivity index (χ1) is 11.8. The van der Waals surface area contributed by atoms with Crippen LogP contribution in [0.2, 0.25) is 0 Å². The van der Waals surface area contributed by atoms with Crippen LogP contribution >= 0.6 is 0 Å². The van der Waals surface area contributed by atoms with E-state index < -0.39 is 0 Å². The molecule has 1 aromatic carbocycles. The molecule has 2 saturated heterocycles. The average Bonchev–Trinajstić information content (AvgIpc) is 2.81. The first-order valence-electron chi connectivity index (χ1n) is 8.79. The van der Waals surface area contributed by atoms with E-state index in [4.69, 9.17) is 14.0 Å². The minimum absolute atomic E-state index is 0.0600. The van der Waals surface area contributed by atoms with E-state index in [1.807, 2.05) is 68.9 Å². The number of nitrogens with zero attached hydrogens (tertiary/aromatic N) is 1. The molecule has 0 aromatic heterocycles. The van der Waals surface area contributed by atoms with Crippen LogP contribution in [-0.4, -0.2) is 55.4 Å². The molecule has 5 nitrogen and oxygen atoms in total. The largest absolute Gasteiger partial charge is 0.487 e. The lowest BCUT2D eigenvalue weighted by Gasteiger charge is -2.32. The molecule has 0 aliphatic carbocycles. The number of ether oxygens (including phenoxy) is 1. The summed E-state index contributed by atoms with van der Waals surface area (Å²) in [5.74, 6) is 1.97. The summed E-state index contributed by atoms with van der Waals surface area (Å²) in [6.07, 6.45) is 1.96. The van der Waals surface area contributed by atoms with E-state index in [0.717, 1.165) is 5.56 Å². The minimum atomic E-state index is -0.361. The van der Waals surface area contributed by atoms with Gasteiger partial charge in [0.1, 0.15) is 0 Å². The number of amides is 1. The van der Waals surface area contributed by atoms with Gasteiger partial charge < -0.3 is 18.9 Å². The Labute approximate surface area is 150 Å². The zero-order valence-electron chi connectivity index (χ0n) is 15.5. The third-order valence-electron chi connectivity index (χ3n) is 5.17. The first-order valence-corrected chi connectivity index (χ1v) is 8.79. The van der Waals surface area contributed by atoms with Crippen molar-refractivity contribution in [2.75, 3.05) is 26.3 Å². The second-order valence-electron chi connectivity index (χ2n) is 7.51. The van der Waals surface area contributed by atoms with Gasteiger partial charge in [0.25, 0.3) is 5.91 Å². The molecule has 2 aliphatic rings. The fraction of sp³-hybridized carbons (Fsp3) is 0.526. The van der Waals surface area contributed by atoms with Crippen molar-refractivity contribution in [2.45, 2.75) is 38.9 Å². The van der Waals surface area contributed by atoms with Gasteiger partial charge in [0.15, 0.2) is 0 Å². The van der Waals surface area contributed by atoms with E-state index in [1.165, 1.54) is 0 Å². The van der Waals surface area contributed by atoms with Crippen LogP contribution in [0.5, 0.6) is 0 Å². The Hall–Kier alpha value is -1.63. The Bertz CT molecular complexity index is 632. The van der Waals surface area contributed by atoms with Crippen molar-refractivity contribution in [3.05, 3.63) is 41.4 Å². The normalized spacial score (nSPS) is 22.6. The predicted molar refractivity (Wildman–Crippen MR) is 98.3 cm³/mol. The summed E-state index contributed by atoms with van der Waals surface area (Å²) in [5.41, 5.74) is 1.04. The average molecular weight is 343 g/mol. The van der Waals surface area contributed by atoms with Gasteiger partial charge in [-0.3, -0.25) is 4.79 Å². The number of hydrogen-bond acceptors (Lipinski definition) is 4. The van der Waals surface area contributed by atoms with Crippen LogP contribution in [0.25, 0.3) is 6.08 Å². The number of hydrogen-bond donors (Lipinski definition) is 0. The smallest absolute Gasteiger partial charge is 0.400 e. The highest BCUT2D eigenvalue weighted by Gasteiger charge is 2.49. The minimum Gasteiger partial charge on any atom is -0.400 e. The van der Waals surface area contributed by atoms with Crippen LogP contribution in [0.15, 0.2) is 30.2 Å². The quantitative estimate of drug-likeness (QED) is 0.792. The van der Waals surface area contributed by atoms with Gasteiger partial charge in [0.05, 0.1) is 24.4 Å². The van der Waals surface area contributed by atoms with Gasteiger partial charge in [-0.05, 0) is 45.4 Å². The predicted octanol–water partition coefficient (Wildman–Crippen LogP) is 2.80. The molecule has 2 heterocycles. The second kappa shape index (κ2) is 6.94. The summed E-state index contributed by atoms with van der Waals surface area (Å²) in [7, 11) is -0.361. The third-order valence-corrected chi connectivity index (χ3v) is 5.17. The van der Waals surface area contributed by atoms with E-state index in [2.05, 4.69) is 0 Å². The van der Waals surface area contributed by atoms with Gasteiger partial charge in [0.2, 0.25) is 0 Å². The Balaban J connectivity index is 1.62. The zero-order chi connectivity index (χ0) is 18.1. The lowest BCUT2D eigenvalue weighted by Crippen LogP contribution is -2.41. The molecule has 2 fully saturated rings. The number of benzene rings is 1. The highest BCUT2D eigenvalue weighted by Crippen LogP contribution is 2.37. The molecule has 0 N–H and O–H groups in total. The maximum atomic E-state index is 12.4. The Morgan fingerprint density at radius 3 is 2.16 bits per heavy atom. The topological polar surface area (TPSA) is 48.0 Å². The highest BCUT2D eigenvalue weighted by atomic mass is 16.7. The SMILES string of the molecule is CC1(C)OB(/C=C/c2ccc(C(=O)N3CCOCC3)cc2)OC1(C)C. The van der Waals surface area contributed by atoms with Gasteiger partial charge in [-0.1, -0.05) is 24.2 Å². The highest BCUT2D eigenvalue weighted by molar-refractivity contribution is 6.52. The van der Waals surface area contributed by atoms with E-state index in [9.17, 15) is 4.79 Å². The molecule has 0 saturated carbocycles. The molecule has 0 radical (unpaired) electrons. The van der Waals surface area contributed by atoms with Crippen molar-refractivity contribution in [1.29, 1.82) is 0 Å². The fourth-order valence-electron chi connectivity index (χ4n) is 2.84. The second-order valence-corrected chi connectivity index (χ2v) is 7.51. The maximum absolute atomic E-state index is 12.4. The number of rotatable bonds is 3. The number of carbonyl (C=O) groups excluding carboxylic acids is 1. The number of carbonyl (C=O) groups is 1. The van der Waals surface area contributed by atoms with Crippen LogP contribution in [0.3, 0.4) is 0 Å². The van der Waals surface area contributed by atoms with Crippen LogP contribution in [-0.2, 0) is 14.0 Å².